The van der Waals surface area contributed by atoms with Gasteiger partial charge in [-0.3, -0.25) is 4.99 Å². The first-order valence-corrected chi connectivity index (χ1v) is 4.78. The standard InChI is InChI=1S/C11H11NO2.ClH/c1-7-2-8-3-10-11(14-6-13-10)4-9(8)5-12-7;/h3-5,7H,2,6H2,1H3;1H. The Bertz CT molecular complexity index is 417. The largest absolute Gasteiger partial charge is 0.454 e. The second kappa shape index (κ2) is 3.74. The highest BCUT2D eigenvalue weighted by atomic mass is 35.5. The third-order valence-electron chi connectivity index (χ3n) is 2.62. The topological polar surface area (TPSA) is 30.8 Å². The van der Waals surface area contributed by atoms with Crippen molar-refractivity contribution in [2.24, 2.45) is 4.99 Å². The molecule has 1 aromatic rings. The molecule has 4 heteroatoms. The number of benzene rings is 1. The zero-order valence-corrected chi connectivity index (χ0v) is 9.21. The molecule has 2 aliphatic rings. The maximum Gasteiger partial charge on any atom is 0.231 e. The Morgan fingerprint density at radius 2 is 2.00 bits per heavy atom. The van der Waals surface area contributed by atoms with Gasteiger partial charge in [0.1, 0.15) is 0 Å². The lowest BCUT2D eigenvalue weighted by Gasteiger charge is -2.15. The van der Waals surface area contributed by atoms with E-state index < -0.39 is 0 Å². The Morgan fingerprint density at radius 1 is 1.27 bits per heavy atom. The quantitative estimate of drug-likeness (QED) is 0.678. The second-order valence-electron chi connectivity index (χ2n) is 3.74. The van der Waals surface area contributed by atoms with Crippen LogP contribution in [0, 0.1) is 0 Å². The molecule has 0 saturated carbocycles. The molecule has 15 heavy (non-hydrogen) atoms. The number of ether oxygens (including phenoxy) is 2. The smallest absolute Gasteiger partial charge is 0.231 e. The van der Waals surface area contributed by atoms with Crippen molar-refractivity contribution >= 4 is 18.6 Å². The minimum atomic E-state index is 0. The molecule has 0 radical (unpaired) electrons. The van der Waals surface area contributed by atoms with Crippen LogP contribution in [0.1, 0.15) is 18.1 Å². The molecule has 3 rings (SSSR count). The maximum atomic E-state index is 5.33. The van der Waals surface area contributed by atoms with Crippen LogP contribution in [-0.2, 0) is 6.42 Å². The van der Waals surface area contributed by atoms with Gasteiger partial charge < -0.3 is 9.47 Å². The molecular weight excluding hydrogens is 214 g/mol. The third-order valence-corrected chi connectivity index (χ3v) is 2.62. The van der Waals surface area contributed by atoms with Crippen LogP contribution in [0.3, 0.4) is 0 Å². The summed E-state index contributed by atoms with van der Waals surface area (Å²) >= 11 is 0. The molecule has 1 atom stereocenters. The van der Waals surface area contributed by atoms with Gasteiger partial charge in [0.2, 0.25) is 6.79 Å². The zero-order chi connectivity index (χ0) is 9.54. The van der Waals surface area contributed by atoms with E-state index in [1.807, 2.05) is 12.3 Å². The Hall–Kier alpha value is -1.22. The lowest BCUT2D eigenvalue weighted by Crippen LogP contribution is -2.11. The molecule has 2 aliphatic heterocycles. The van der Waals surface area contributed by atoms with Gasteiger partial charge in [0, 0.05) is 6.21 Å². The van der Waals surface area contributed by atoms with Gasteiger partial charge >= 0.3 is 0 Å². The highest BCUT2D eigenvalue weighted by Gasteiger charge is 2.19. The zero-order valence-electron chi connectivity index (χ0n) is 8.40. The summed E-state index contributed by atoms with van der Waals surface area (Å²) in [5.74, 6) is 1.70. The molecule has 0 aromatic heterocycles. The highest BCUT2D eigenvalue weighted by Crippen LogP contribution is 2.35. The van der Waals surface area contributed by atoms with Crippen LogP contribution in [0.4, 0.5) is 0 Å². The van der Waals surface area contributed by atoms with E-state index in [0.29, 0.717) is 12.8 Å². The molecule has 0 amide bonds. The van der Waals surface area contributed by atoms with Crippen LogP contribution in [0.5, 0.6) is 11.5 Å². The van der Waals surface area contributed by atoms with Crippen LogP contribution >= 0.6 is 12.4 Å². The summed E-state index contributed by atoms with van der Waals surface area (Å²) in [6.45, 7) is 2.45. The number of nitrogens with zero attached hydrogens (tertiary/aromatic N) is 1. The van der Waals surface area contributed by atoms with Crippen LogP contribution in [-0.4, -0.2) is 19.0 Å². The molecule has 0 spiro atoms. The van der Waals surface area contributed by atoms with Crippen LogP contribution < -0.4 is 9.47 Å². The van der Waals surface area contributed by atoms with Crippen molar-refractivity contribution in [3.05, 3.63) is 23.3 Å². The number of halogens is 1. The fourth-order valence-electron chi connectivity index (χ4n) is 1.88. The minimum Gasteiger partial charge on any atom is -0.454 e. The van der Waals surface area contributed by atoms with Gasteiger partial charge in [-0.05, 0) is 36.6 Å². The number of fused-ring (bicyclic) bond motifs is 2. The van der Waals surface area contributed by atoms with E-state index in [9.17, 15) is 0 Å². The van der Waals surface area contributed by atoms with Gasteiger partial charge in [0.25, 0.3) is 0 Å². The first-order chi connectivity index (χ1) is 6.83. The average Bonchev–Trinajstić information content (AvgIpc) is 2.61. The third kappa shape index (κ3) is 1.67. The van der Waals surface area contributed by atoms with Gasteiger partial charge in [-0.15, -0.1) is 12.4 Å². The van der Waals surface area contributed by atoms with Crippen molar-refractivity contribution in [1.82, 2.24) is 0 Å². The molecule has 0 aliphatic carbocycles. The number of aliphatic imine (C=N–C) groups is 1. The van der Waals surface area contributed by atoms with Gasteiger partial charge in [0.15, 0.2) is 11.5 Å². The monoisotopic (exact) mass is 225 g/mol. The predicted molar refractivity (Wildman–Crippen MR) is 60.6 cm³/mol. The van der Waals surface area contributed by atoms with Gasteiger partial charge in [-0.1, -0.05) is 0 Å². The Kier molecular flexibility index (Phi) is 2.57. The summed E-state index contributed by atoms with van der Waals surface area (Å²) in [7, 11) is 0. The lowest BCUT2D eigenvalue weighted by molar-refractivity contribution is 0.174. The summed E-state index contributed by atoms with van der Waals surface area (Å²) in [4.78, 5) is 4.38. The fourth-order valence-corrected chi connectivity index (χ4v) is 1.88. The molecule has 0 saturated heterocycles. The van der Waals surface area contributed by atoms with E-state index in [4.69, 9.17) is 9.47 Å². The van der Waals surface area contributed by atoms with E-state index in [0.717, 1.165) is 23.5 Å². The van der Waals surface area contributed by atoms with Crippen molar-refractivity contribution in [2.45, 2.75) is 19.4 Å². The van der Waals surface area contributed by atoms with E-state index in [2.05, 4.69) is 18.0 Å². The van der Waals surface area contributed by atoms with Crippen molar-refractivity contribution in [3.8, 4) is 11.5 Å². The van der Waals surface area contributed by atoms with Crippen molar-refractivity contribution in [1.29, 1.82) is 0 Å². The van der Waals surface area contributed by atoms with Crippen LogP contribution in [0.25, 0.3) is 0 Å². The Balaban J connectivity index is 0.000000853. The summed E-state index contributed by atoms with van der Waals surface area (Å²) in [6, 6.07) is 4.45. The number of rotatable bonds is 0. The van der Waals surface area contributed by atoms with Crippen molar-refractivity contribution in [2.75, 3.05) is 6.79 Å². The number of hydrogen-bond donors (Lipinski definition) is 0. The van der Waals surface area contributed by atoms with E-state index in [1.54, 1.807) is 0 Å². The summed E-state index contributed by atoms with van der Waals surface area (Å²) in [6.07, 6.45) is 2.91. The molecule has 0 bridgehead atoms. The predicted octanol–water partition coefficient (Wildman–Crippen LogP) is 2.20. The van der Waals surface area contributed by atoms with E-state index in [-0.39, 0.29) is 12.4 Å². The highest BCUT2D eigenvalue weighted by molar-refractivity contribution is 5.85. The molecule has 1 unspecified atom stereocenters. The molecular formula is C11H12ClNO2. The maximum absolute atomic E-state index is 5.33. The Labute approximate surface area is 94.5 Å². The van der Waals surface area contributed by atoms with E-state index in [1.165, 1.54) is 5.56 Å². The molecule has 3 nitrogen and oxygen atoms in total. The van der Waals surface area contributed by atoms with Gasteiger partial charge in [-0.25, -0.2) is 0 Å². The SMILES string of the molecule is CC1Cc2cc3c(cc2C=N1)OCO3.Cl. The summed E-state index contributed by atoms with van der Waals surface area (Å²) < 4.78 is 10.6. The minimum absolute atomic E-state index is 0. The number of hydrogen-bond acceptors (Lipinski definition) is 3. The first-order valence-electron chi connectivity index (χ1n) is 4.78. The fraction of sp³-hybridized carbons (Fsp3) is 0.364. The van der Waals surface area contributed by atoms with E-state index >= 15 is 0 Å². The summed E-state index contributed by atoms with van der Waals surface area (Å²) in [5.41, 5.74) is 2.46. The Morgan fingerprint density at radius 3 is 2.80 bits per heavy atom. The molecule has 0 fully saturated rings. The van der Waals surface area contributed by atoms with Crippen LogP contribution in [0.15, 0.2) is 17.1 Å². The normalized spacial score (nSPS) is 20.7. The summed E-state index contributed by atoms with van der Waals surface area (Å²) in [5, 5.41) is 0. The van der Waals surface area contributed by atoms with Crippen LogP contribution in [0.2, 0.25) is 0 Å². The first kappa shape index (κ1) is 10.3. The molecule has 1 aromatic carbocycles. The van der Waals surface area contributed by atoms with Gasteiger partial charge in [-0.2, -0.15) is 0 Å². The molecule has 0 N–H and O–H groups in total. The van der Waals surface area contributed by atoms with Crippen molar-refractivity contribution < 1.29 is 9.47 Å². The van der Waals surface area contributed by atoms with Crippen molar-refractivity contribution in [3.63, 3.8) is 0 Å². The lowest BCUT2D eigenvalue weighted by atomic mass is 9.98. The second-order valence-corrected chi connectivity index (χ2v) is 3.74. The molecule has 80 valence electrons. The average molecular weight is 226 g/mol. The van der Waals surface area contributed by atoms with Gasteiger partial charge in [0.05, 0.1) is 6.04 Å². The molecule has 2 heterocycles.